The maximum Gasteiger partial charge on any atom is 0.332 e. The smallest absolute Gasteiger partial charge is 0.332 e. The molecule has 0 spiro atoms. The minimum Gasteiger partial charge on any atom is -0.381 e. The lowest BCUT2D eigenvalue weighted by atomic mass is 10.1. The Kier molecular flexibility index (Phi) is 3.09. The van der Waals surface area contributed by atoms with E-state index in [1.165, 1.54) is 11.6 Å². The molecule has 0 aliphatic carbocycles. The fraction of sp³-hybridized carbons (Fsp3) is 0.583. The summed E-state index contributed by atoms with van der Waals surface area (Å²) in [4.78, 5) is 31.0. The van der Waals surface area contributed by atoms with Crippen LogP contribution in [0.25, 0.3) is 11.2 Å². The van der Waals surface area contributed by atoms with Crippen LogP contribution in [-0.4, -0.2) is 38.9 Å². The summed E-state index contributed by atoms with van der Waals surface area (Å²) in [6.45, 7) is 2.27. The molecule has 0 bridgehead atoms. The molecule has 20 heavy (non-hydrogen) atoms. The van der Waals surface area contributed by atoms with Gasteiger partial charge in [0.2, 0.25) is 5.95 Å². The van der Waals surface area contributed by atoms with E-state index in [2.05, 4.69) is 15.3 Å². The van der Waals surface area contributed by atoms with E-state index < -0.39 is 0 Å². The number of rotatable bonds is 3. The number of nitrogens with one attached hydrogen (secondary N) is 2. The Balaban J connectivity index is 1.94. The molecule has 1 fully saturated rings. The lowest BCUT2D eigenvalue weighted by molar-refractivity contribution is 0.187. The Morgan fingerprint density at radius 3 is 2.90 bits per heavy atom. The number of ether oxygens (including phenoxy) is 1. The number of nitrogens with zero attached hydrogens (tertiary/aromatic N) is 3. The third-order valence-electron chi connectivity index (χ3n) is 3.68. The fourth-order valence-corrected chi connectivity index (χ4v) is 2.40. The second-order valence-electron chi connectivity index (χ2n) is 5.10. The number of aromatic amines is 1. The van der Waals surface area contributed by atoms with Gasteiger partial charge in [-0.1, -0.05) is 0 Å². The van der Waals surface area contributed by atoms with Gasteiger partial charge in [0, 0.05) is 33.2 Å². The second kappa shape index (κ2) is 4.78. The zero-order valence-corrected chi connectivity index (χ0v) is 11.5. The van der Waals surface area contributed by atoms with E-state index in [1.54, 1.807) is 7.05 Å². The number of H-pyrrole nitrogens is 1. The first-order valence-electron chi connectivity index (χ1n) is 6.55. The molecule has 2 aromatic rings. The summed E-state index contributed by atoms with van der Waals surface area (Å²) in [6.07, 6.45) is 1.02. The maximum absolute atomic E-state index is 12.0. The largest absolute Gasteiger partial charge is 0.381 e. The van der Waals surface area contributed by atoms with Crippen LogP contribution < -0.4 is 16.6 Å². The van der Waals surface area contributed by atoms with Gasteiger partial charge in [0.05, 0.1) is 6.61 Å². The summed E-state index contributed by atoms with van der Waals surface area (Å²) in [5.41, 5.74) is -0.0550. The van der Waals surface area contributed by atoms with Crippen molar-refractivity contribution >= 4 is 17.1 Å². The molecule has 0 amide bonds. The highest BCUT2D eigenvalue weighted by molar-refractivity contribution is 5.72. The molecule has 1 aliphatic heterocycles. The maximum atomic E-state index is 12.0. The van der Waals surface area contributed by atoms with E-state index in [-0.39, 0.29) is 11.2 Å². The molecular formula is C12H17N5O3. The monoisotopic (exact) mass is 279 g/mol. The lowest BCUT2D eigenvalue weighted by Gasteiger charge is -2.07. The summed E-state index contributed by atoms with van der Waals surface area (Å²) in [5, 5.41) is 3.16. The number of aryl methyl sites for hydroxylation is 1. The van der Waals surface area contributed by atoms with Gasteiger partial charge in [-0.25, -0.2) is 4.79 Å². The number of hydrogen-bond acceptors (Lipinski definition) is 5. The molecule has 0 radical (unpaired) electrons. The first kappa shape index (κ1) is 12.9. The third-order valence-corrected chi connectivity index (χ3v) is 3.68. The minimum atomic E-state index is -0.384. The summed E-state index contributed by atoms with van der Waals surface area (Å²) < 4.78 is 7.73. The van der Waals surface area contributed by atoms with Crippen molar-refractivity contribution in [3.8, 4) is 0 Å². The van der Waals surface area contributed by atoms with Crippen LogP contribution in [-0.2, 0) is 18.8 Å². The van der Waals surface area contributed by atoms with Crippen molar-refractivity contribution < 1.29 is 4.74 Å². The predicted octanol–water partition coefficient (Wildman–Crippen LogP) is -0.591. The molecule has 2 aromatic heterocycles. The van der Waals surface area contributed by atoms with Crippen LogP contribution in [0.1, 0.15) is 6.42 Å². The van der Waals surface area contributed by atoms with Crippen LogP contribution >= 0.6 is 0 Å². The minimum absolute atomic E-state index is 0.333. The quantitative estimate of drug-likeness (QED) is 0.783. The summed E-state index contributed by atoms with van der Waals surface area (Å²) in [7, 11) is 3.05. The van der Waals surface area contributed by atoms with Crippen LogP contribution in [0.5, 0.6) is 0 Å². The molecule has 0 saturated carbocycles. The molecule has 3 rings (SSSR count). The number of fused-ring (bicyclic) bond motifs is 1. The number of anilines is 1. The van der Waals surface area contributed by atoms with Crippen LogP contribution in [0.4, 0.5) is 5.95 Å². The first-order valence-corrected chi connectivity index (χ1v) is 6.55. The Morgan fingerprint density at radius 2 is 2.20 bits per heavy atom. The molecule has 8 nitrogen and oxygen atoms in total. The molecule has 1 unspecified atom stereocenters. The molecule has 1 atom stereocenters. The van der Waals surface area contributed by atoms with Gasteiger partial charge < -0.3 is 15.0 Å². The van der Waals surface area contributed by atoms with Crippen molar-refractivity contribution in [3.05, 3.63) is 20.8 Å². The summed E-state index contributed by atoms with van der Waals surface area (Å²) in [6, 6.07) is 0. The fourth-order valence-electron chi connectivity index (χ4n) is 2.40. The highest BCUT2D eigenvalue weighted by Crippen LogP contribution is 2.14. The van der Waals surface area contributed by atoms with Crippen molar-refractivity contribution in [3.63, 3.8) is 0 Å². The molecule has 3 heterocycles. The van der Waals surface area contributed by atoms with E-state index in [0.29, 0.717) is 23.0 Å². The zero-order valence-electron chi connectivity index (χ0n) is 11.5. The number of hydrogen-bond donors (Lipinski definition) is 2. The van der Waals surface area contributed by atoms with Gasteiger partial charge in [0.15, 0.2) is 11.2 Å². The molecule has 2 N–H and O–H groups in total. The molecule has 1 saturated heterocycles. The van der Waals surface area contributed by atoms with Crippen molar-refractivity contribution in [2.75, 3.05) is 25.1 Å². The predicted molar refractivity (Wildman–Crippen MR) is 74.0 cm³/mol. The van der Waals surface area contributed by atoms with E-state index >= 15 is 0 Å². The Labute approximate surface area is 114 Å². The van der Waals surface area contributed by atoms with Gasteiger partial charge in [-0.15, -0.1) is 0 Å². The second-order valence-corrected chi connectivity index (χ2v) is 5.10. The lowest BCUT2D eigenvalue weighted by Crippen LogP contribution is -2.36. The standard InChI is InChI=1S/C12H17N5O3/c1-16-9-8(10(18)17(2)12(16)19)14-11(15-9)13-5-7-3-4-20-6-7/h7H,3-6H2,1-2H3,(H2,13,14,15). The Morgan fingerprint density at radius 1 is 1.40 bits per heavy atom. The normalized spacial score (nSPS) is 18.8. The highest BCUT2D eigenvalue weighted by Gasteiger charge is 2.17. The van der Waals surface area contributed by atoms with Crippen molar-refractivity contribution in [2.24, 2.45) is 20.0 Å². The zero-order chi connectivity index (χ0) is 14.3. The Hall–Kier alpha value is -2.09. The van der Waals surface area contributed by atoms with Gasteiger partial charge in [0.1, 0.15) is 0 Å². The van der Waals surface area contributed by atoms with E-state index in [1.807, 2.05) is 0 Å². The van der Waals surface area contributed by atoms with E-state index in [0.717, 1.165) is 30.7 Å². The van der Waals surface area contributed by atoms with Gasteiger partial charge in [0.25, 0.3) is 5.56 Å². The number of aromatic nitrogens is 4. The van der Waals surface area contributed by atoms with Gasteiger partial charge in [-0.3, -0.25) is 13.9 Å². The molecule has 0 aromatic carbocycles. The Bertz CT molecular complexity index is 751. The van der Waals surface area contributed by atoms with Gasteiger partial charge in [-0.2, -0.15) is 4.98 Å². The van der Waals surface area contributed by atoms with Crippen molar-refractivity contribution in [2.45, 2.75) is 6.42 Å². The van der Waals surface area contributed by atoms with Crippen molar-refractivity contribution in [1.82, 2.24) is 19.1 Å². The molecule has 8 heteroatoms. The van der Waals surface area contributed by atoms with Crippen LogP contribution in [0.2, 0.25) is 0 Å². The van der Waals surface area contributed by atoms with Gasteiger partial charge in [-0.05, 0) is 6.42 Å². The molecular weight excluding hydrogens is 262 g/mol. The average Bonchev–Trinajstić information content (AvgIpc) is 3.09. The molecule has 1 aliphatic rings. The first-order chi connectivity index (χ1) is 9.58. The average molecular weight is 279 g/mol. The van der Waals surface area contributed by atoms with Crippen LogP contribution in [0, 0.1) is 5.92 Å². The highest BCUT2D eigenvalue weighted by atomic mass is 16.5. The summed E-state index contributed by atoms with van der Waals surface area (Å²) in [5.74, 6) is 0.958. The van der Waals surface area contributed by atoms with E-state index in [9.17, 15) is 9.59 Å². The van der Waals surface area contributed by atoms with Crippen molar-refractivity contribution in [1.29, 1.82) is 0 Å². The molecule has 108 valence electrons. The summed E-state index contributed by atoms with van der Waals surface area (Å²) >= 11 is 0. The van der Waals surface area contributed by atoms with Gasteiger partial charge >= 0.3 is 5.69 Å². The van der Waals surface area contributed by atoms with Crippen LogP contribution in [0.15, 0.2) is 9.59 Å². The number of imidazole rings is 1. The SMILES string of the molecule is Cn1c(=O)c2[nH]c(NCC3CCOC3)nc2n(C)c1=O. The van der Waals surface area contributed by atoms with E-state index in [4.69, 9.17) is 4.74 Å². The third kappa shape index (κ3) is 2.01. The topological polar surface area (TPSA) is 93.9 Å². The van der Waals surface area contributed by atoms with Crippen LogP contribution in [0.3, 0.4) is 0 Å².